The molecule has 2 heterocycles. The molecule has 0 atom stereocenters. The number of rotatable bonds is 5. The number of benzene rings is 1. The number of nitrogens with zero attached hydrogens (tertiary/aromatic N) is 1. The van der Waals surface area contributed by atoms with Crippen molar-refractivity contribution in [2.24, 2.45) is 0 Å². The van der Waals surface area contributed by atoms with Crippen molar-refractivity contribution in [3.63, 3.8) is 0 Å². The van der Waals surface area contributed by atoms with Crippen molar-refractivity contribution in [3.8, 4) is 0 Å². The van der Waals surface area contributed by atoms with E-state index in [2.05, 4.69) is 21.4 Å². The maximum absolute atomic E-state index is 10.9. The van der Waals surface area contributed by atoms with E-state index in [4.69, 9.17) is 0 Å². The number of hydrogen-bond acceptors (Lipinski definition) is 3. The summed E-state index contributed by atoms with van der Waals surface area (Å²) in [6.45, 7) is 0.614. The Morgan fingerprint density at radius 2 is 2.10 bits per heavy atom. The predicted molar refractivity (Wildman–Crippen MR) is 80.1 cm³/mol. The van der Waals surface area contributed by atoms with Crippen LogP contribution in [-0.4, -0.2) is 16.5 Å². The van der Waals surface area contributed by atoms with E-state index in [0.29, 0.717) is 12.4 Å². The quantitative estimate of drug-likeness (QED) is 0.557. The summed E-state index contributed by atoms with van der Waals surface area (Å²) < 4.78 is 0. The third-order valence-electron chi connectivity index (χ3n) is 3.40. The summed E-state index contributed by atoms with van der Waals surface area (Å²) in [6.07, 6.45) is 4.43. The van der Waals surface area contributed by atoms with Crippen LogP contribution in [0, 0.1) is 10.1 Å². The van der Waals surface area contributed by atoms with Gasteiger partial charge in [-0.1, -0.05) is 18.2 Å². The first-order valence-electron chi connectivity index (χ1n) is 6.69. The minimum Gasteiger partial charge on any atom is -0.361 e. The van der Waals surface area contributed by atoms with Crippen LogP contribution in [0.2, 0.25) is 0 Å². The zero-order chi connectivity index (χ0) is 14.7. The Bertz CT molecular complexity index is 782. The Labute approximate surface area is 121 Å². The topological polar surface area (TPSA) is 85.1 Å². The fourth-order valence-corrected chi connectivity index (χ4v) is 2.38. The zero-order valence-electron chi connectivity index (χ0n) is 11.3. The van der Waals surface area contributed by atoms with Gasteiger partial charge < -0.3 is 4.98 Å². The minimum absolute atomic E-state index is 0.0522. The Morgan fingerprint density at radius 3 is 2.95 bits per heavy atom. The van der Waals surface area contributed by atoms with Crippen molar-refractivity contribution in [3.05, 3.63) is 64.5 Å². The van der Waals surface area contributed by atoms with Crippen molar-refractivity contribution in [1.29, 1.82) is 0 Å². The molecule has 0 aliphatic carbocycles. The molecule has 1 aromatic carbocycles. The van der Waals surface area contributed by atoms with Gasteiger partial charge in [-0.05, 0) is 17.7 Å². The molecule has 0 spiro atoms. The molecular formula is C15H15N4O2+. The van der Waals surface area contributed by atoms with E-state index >= 15 is 0 Å². The van der Waals surface area contributed by atoms with Crippen LogP contribution in [0.25, 0.3) is 10.9 Å². The van der Waals surface area contributed by atoms with Gasteiger partial charge in [-0.3, -0.25) is 15.4 Å². The average Bonchev–Trinajstić information content (AvgIpc) is 2.91. The van der Waals surface area contributed by atoms with E-state index in [1.54, 1.807) is 12.3 Å². The van der Waals surface area contributed by atoms with Gasteiger partial charge in [0.25, 0.3) is 0 Å². The molecule has 0 saturated carbocycles. The molecule has 0 aliphatic rings. The lowest BCUT2D eigenvalue weighted by molar-refractivity contribution is -0.409. The summed E-state index contributed by atoms with van der Waals surface area (Å²) in [5, 5.41) is 15.2. The van der Waals surface area contributed by atoms with Crippen LogP contribution in [0.15, 0.2) is 48.8 Å². The van der Waals surface area contributed by atoms with Crippen LogP contribution >= 0.6 is 0 Å². The van der Waals surface area contributed by atoms with Gasteiger partial charge >= 0.3 is 11.5 Å². The SMILES string of the molecule is O=[N+]([O-])c1ccc[nH+]c1NCCc1c[nH]c2ccccc12. The second kappa shape index (κ2) is 5.62. The molecule has 0 amide bonds. The highest BCUT2D eigenvalue weighted by Gasteiger charge is 2.19. The van der Waals surface area contributed by atoms with E-state index in [9.17, 15) is 10.1 Å². The smallest absolute Gasteiger partial charge is 0.357 e. The first-order chi connectivity index (χ1) is 10.3. The fourth-order valence-electron chi connectivity index (χ4n) is 2.38. The molecule has 3 rings (SSSR count). The van der Waals surface area contributed by atoms with Crippen molar-refractivity contribution in [2.75, 3.05) is 11.9 Å². The molecule has 0 fully saturated rings. The first-order valence-corrected chi connectivity index (χ1v) is 6.69. The van der Waals surface area contributed by atoms with E-state index in [1.807, 2.05) is 24.4 Å². The summed E-state index contributed by atoms with van der Waals surface area (Å²) in [5.74, 6) is 0.433. The van der Waals surface area contributed by atoms with Gasteiger partial charge in [-0.25, -0.2) is 4.98 Å². The summed E-state index contributed by atoms with van der Waals surface area (Å²) in [7, 11) is 0. The number of H-pyrrole nitrogens is 2. The maximum Gasteiger partial charge on any atom is 0.357 e. The highest BCUT2D eigenvalue weighted by molar-refractivity contribution is 5.83. The Hall–Kier alpha value is -2.89. The number of aromatic nitrogens is 2. The van der Waals surface area contributed by atoms with Gasteiger partial charge in [0.1, 0.15) is 0 Å². The minimum atomic E-state index is -0.398. The lowest BCUT2D eigenvalue weighted by Gasteiger charge is -2.00. The Kier molecular flexibility index (Phi) is 3.51. The number of aromatic amines is 2. The Morgan fingerprint density at radius 1 is 1.24 bits per heavy atom. The number of hydrogen-bond donors (Lipinski definition) is 2. The molecule has 2 aromatic heterocycles. The summed E-state index contributed by atoms with van der Waals surface area (Å²) in [5.41, 5.74) is 2.35. The van der Waals surface area contributed by atoms with Gasteiger partial charge in [0.15, 0.2) is 0 Å². The van der Waals surface area contributed by atoms with Gasteiger partial charge in [0, 0.05) is 29.6 Å². The van der Waals surface area contributed by atoms with Crippen molar-refractivity contribution in [2.45, 2.75) is 6.42 Å². The third-order valence-corrected chi connectivity index (χ3v) is 3.40. The number of pyridine rings is 1. The van der Waals surface area contributed by atoms with Gasteiger partial charge in [0.2, 0.25) is 0 Å². The lowest BCUT2D eigenvalue weighted by atomic mass is 10.1. The second-order valence-corrected chi connectivity index (χ2v) is 4.72. The molecule has 3 N–H and O–H groups in total. The van der Waals surface area contributed by atoms with E-state index in [0.717, 1.165) is 11.9 Å². The van der Waals surface area contributed by atoms with Crippen LogP contribution in [0.4, 0.5) is 11.5 Å². The molecule has 0 saturated heterocycles. The maximum atomic E-state index is 10.9. The molecule has 6 heteroatoms. The van der Waals surface area contributed by atoms with E-state index < -0.39 is 4.92 Å². The standard InChI is InChI=1S/C15H14N4O2/c20-19(21)14-6-3-8-16-15(14)17-9-7-11-10-18-13-5-2-1-4-12(11)13/h1-6,8,10,18H,7,9H2,(H,16,17)/p+1. The molecule has 106 valence electrons. The molecule has 0 radical (unpaired) electrons. The molecular weight excluding hydrogens is 268 g/mol. The molecule has 0 aliphatic heterocycles. The number of nitro groups is 1. The molecule has 0 unspecified atom stereocenters. The van der Waals surface area contributed by atoms with Gasteiger partial charge in [0.05, 0.1) is 17.7 Å². The van der Waals surface area contributed by atoms with Crippen LogP contribution < -0.4 is 10.3 Å². The molecule has 3 aromatic rings. The van der Waals surface area contributed by atoms with E-state index in [1.165, 1.54) is 17.0 Å². The predicted octanol–water partition coefficient (Wildman–Crippen LogP) is 2.54. The summed E-state index contributed by atoms with van der Waals surface area (Å²) in [4.78, 5) is 16.6. The van der Waals surface area contributed by atoms with Crippen LogP contribution in [0.5, 0.6) is 0 Å². The molecule has 0 bridgehead atoms. The van der Waals surface area contributed by atoms with Crippen molar-refractivity contribution >= 4 is 22.4 Å². The van der Waals surface area contributed by atoms with Crippen molar-refractivity contribution < 1.29 is 9.91 Å². The summed E-state index contributed by atoms with van der Waals surface area (Å²) >= 11 is 0. The fraction of sp³-hybridized carbons (Fsp3) is 0.133. The second-order valence-electron chi connectivity index (χ2n) is 4.72. The summed E-state index contributed by atoms with van der Waals surface area (Å²) in [6, 6.07) is 11.2. The lowest BCUT2D eigenvalue weighted by Crippen LogP contribution is -2.16. The van der Waals surface area contributed by atoms with Crippen LogP contribution in [0.3, 0.4) is 0 Å². The van der Waals surface area contributed by atoms with Gasteiger partial charge in [-0.2, -0.15) is 0 Å². The van der Waals surface area contributed by atoms with Crippen LogP contribution in [-0.2, 0) is 6.42 Å². The van der Waals surface area contributed by atoms with E-state index in [-0.39, 0.29) is 5.69 Å². The Balaban J connectivity index is 1.71. The third kappa shape index (κ3) is 2.69. The monoisotopic (exact) mass is 283 g/mol. The normalized spacial score (nSPS) is 10.7. The van der Waals surface area contributed by atoms with Crippen molar-refractivity contribution in [1.82, 2.24) is 4.98 Å². The van der Waals surface area contributed by atoms with Crippen LogP contribution in [0.1, 0.15) is 5.56 Å². The highest BCUT2D eigenvalue weighted by Crippen LogP contribution is 2.20. The highest BCUT2D eigenvalue weighted by atomic mass is 16.6. The number of anilines is 1. The number of nitrogens with one attached hydrogen (secondary N) is 3. The van der Waals surface area contributed by atoms with Gasteiger partial charge in [-0.15, -0.1) is 0 Å². The number of fused-ring (bicyclic) bond motifs is 1. The number of para-hydroxylation sites is 1. The first kappa shape index (κ1) is 13.1. The zero-order valence-corrected chi connectivity index (χ0v) is 11.3. The average molecular weight is 283 g/mol. The largest absolute Gasteiger partial charge is 0.361 e. The molecule has 21 heavy (non-hydrogen) atoms. The molecule has 6 nitrogen and oxygen atoms in total.